The van der Waals surface area contributed by atoms with Gasteiger partial charge in [0.05, 0.1) is 6.54 Å². The summed E-state index contributed by atoms with van der Waals surface area (Å²) in [6.07, 6.45) is 8.43. The minimum Gasteiger partial charge on any atom is -0.299 e. The summed E-state index contributed by atoms with van der Waals surface area (Å²) >= 11 is 0. The van der Waals surface area contributed by atoms with Gasteiger partial charge in [-0.3, -0.25) is 14.6 Å². The second-order valence-corrected chi connectivity index (χ2v) is 7.66. The predicted octanol–water partition coefficient (Wildman–Crippen LogP) is 3.73. The normalized spacial score (nSPS) is 23.8. The van der Waals surface area contributed by atoms with Crippen LogP contribution < -0.4 is 0 Å². The summed E-state index contributed by atoms with van der Waals surface area (Å²) in [6.45, 7) is 6.21. The van der Waals surface area contributed by atoms with Gasteiger partial charge < -0.3 is 0 Å². The van der Waals surface area contributed by atoms with E-state index in [2.05, 4.69) is 40.1 Å². The van der Waals surface area contributed by atoms with E-state index in [4.69, 9.17) is 0 Å². The van der Waals surface area contributed by atoms with E-state index in [9.17, 15) is 4.79 Å². The maximum absolute atomic E-state index is 12.5. The molecule has 2 aliphatic heterocycles. The second kappa shape index (κ2) is 9.33. The van der Waals surface area contributed by atoms with Crippen molar-refractivity contribution in [1.82, 2.24) is 9.80 Å². The van der Waals surface area contributed by atoms with Gasteiger partial charge in [-0.25, -0.2) is 0 Å². The van der Waals surface area contributed by atoms with Crippen molar-refractivity contribution >= 4 is 5.78 Å². The number of Topliss-reactive ketones (excluding diaryl/α,β-unsaturated/α-hetero) is 1. The molecule has 24 heavy (non-hydrogen) atoms. The number of carbonyl (C=O) groups excluding carboxylic acids is 1. The Morgan fingerprint density at radius 1 is 0.917 bits per heavy atom. The fourth-order valence-corrected chi connectivity index (χ4v) is 4.23. The Bertz CT molecular complexity index is 494. The zero-order chi connectivity index (χ0) is 16.6. The van der Waals surface area contributed by atoms with Crippen LogP contribution in [0.4, 0.5) is 0 Å². The molecule has 3 nitrogen and oxygen atoms in total. The summed E-state index contributed by atoms with van der Waals surface area (Å²) in [6, 6.07) is 10.7. The minimum atomic E-state index is 0.462. The van der Waals surface area contributed by atoms with Crippen molar-refractivity contribution in [1.29, 1.82) is 0 Å². The molecule has 0 N–H and O–H groups in total. The van der Waals surface area contributed by atoms with Crippen LogP contribution in [0.25, 0.3) is 0 Å². The first kappa shape index (κ1) is 17.6. The minimum absolute atomic E-state index is 0.462. The highest BCUT2D eigenvalue weighted by molar-refractivity contribution is 5.80. The lowest BCUT2D eigenvalue weighted by molar-refractivity contribution is -0.121. The van der Waals surface area contributed by atoms with E-state index in [-0.39, 0.29) is 0 Å². The summed E-state index contributed by atoms with van der Waals surface area (Å²) < 4.78 is 0. The van der Waals surface area contributed by atoms with Crippen molar-refractivity contribution in [3.05, 3.63) is 35.9 Å². The number of benzene rings is 1. The summed E-state index contributed by atoms with van der Waals surface area (Å²) in [4.78, 5) is 17.4. The molecule has 2 heterocycles. The van der Waals surface area contributed by atoms with Gasteiger partial charge in [0.15, 0.2) is 0 Å². The lowest BCUT2D eigenvalue weighted by atomic mass is 9.92. The van der Waals surface area contributed by atoms with Crippen LogP contribution >= 0.6 is 0 Å². The highest BCUT2D eigenvalue weighted by atomic mass is 16.1. The fraction of sp³-hybridized carbons (Fsp3) is 0.667. The zero-order valence-electron chi connectivity index (χ0n) is 15.0. The first-order chi connectivity index (χ1) is 11.8. The summed E-state index contributed by atoms with van der Waals surface area (Å²) in [5, 5.41) is 0. The summed E-state index contributed by atoms with van der Waals surface area (Å²) in [5.74, 6) is 1.02. The number of hydrogen-bond acceptors (Lipinski definition) is 3. The van der Waals surface area contributed by atoms with E-state index in [1.165, 1.54) is 50.6 Å². The molecule has 0 spiro atoms. The molecule has 2 saturated heterocycles. The molecule has 0 aliphatic carbocycles. The van der Waals surface area contributed by atoms with Crippen LogP contribution in [-0.2, 0) is 11.3 Å². The Morgan fingerprint density at radius 2 is 1.62 bits per heavy atom. The van der Waals surface area contributed by atoms with Crippen LogP contribution in [0.2, 0.25) is 0 Å². The number of piperidine rings is 1. The Balaban J connectivity index is 1.43. The number of likely N-dealkylation sites (tertiary alicyclic amines) is 2. The van der Waals surface area contributed by atoms with Crippen molar-refractivity contribution in [2.75, 3.05) is 32.7 Å². The molecule has 1 aromatic rings. The number of ketones is 1. The number of rotatable bonds is 6. The molecule has 1 atom stereocenters. The third-order valence-corrected chi connectivity index (χ3v) is 5.47. The van der Waals surface area contributed by atoms with Crippen LogP contribution in [-0.4, -0.2) is 48.3 Å². The quantitative estimate of drug-likeness (QED) is 0.795. The van der Waals surface area contributed by atoms with Crippen LogP contribution in [0.3, 0.4) is 0 Å². The van der Waals surface area contributed by atoms with Gasteiger partial charge in [0.2, 0.25) is 0 Å². The summed E-state index contributed by atoms with van der Waals surface area (Å²) in [7, 11) is 0. The van der Waals surface area contributed by atoms with Gasteiger partial charge in [-0.05, 0) is 56.8 Å². The van der Waals surface area contributed by atoms with Gasteiger partial charge in [0.25, 0.3) is 0 Å². The molecule has 3 heteroatoms. The third-order valence-electron chi connectivity index (χ3n) is 5.47. The monoisotopic (exact) mass is 328 g/mol. The van der Waals surface area contributed by atoms with Crippen LogP contribution in [0.1, 0.15) is 50.5 Å². The SMILES string of the molecule is O=C(CC1CCCN(Cc2ccccc2)C1)CN1CCCCCC1. The van der Waals surface area contributed by atoms with Crippen molar-refractivity contribution in [3.63, 3.8) is 0 Å². The van der Waals surface area contributed by atoms with Gasteiger partial charge in [-0.1, -0.05) is 43.2 Å². The van der Waals surface area contributed by atoms with Crippen molar-refractivity contribution in [2.45, 2.75) is 51.5 Å². The molecule has 0 amide bonds. The first-order valence-corrected chi connectivity index (χ1v) is 9.80. The van der Waals surface area contributed by atoms with E-state index >= 15 is 0 Å². The fourth-order valence-electron chi connectivity index (χ4n) is 4.23. The molecule has 0 bridgehead atoms. The second-order valence-electron chi connectivity index (χ2n) is 7.66. The van der Waals surface area contributed by atoms with E-state index in [1.807, 2.05) is 0 Å². The predicted molar refractivity (Wildman–Crippen MR) is 99.0 cm³/mol. The van der Waals surface area contributed by atoms with Crippen LogP contribution in [0.5, 0.6) is 0 Å². The smallest absolute Gasteiger partial charge is 0.147 e. The van der Waals surface area contributed by atoms with E-state index in [0.29, 0.717) is 18.2 Å². The molecule has 2 fully saturated rings. The molecule has 0 saturated carbocycles. The van der Waals surface area contributed by atoms with Gasteiger partial charge in [0.1, 0.15) is 5.78 Å². The Kier molecular flexibility index (Phi) is 6.86. The third kappa shape index (κ3) is 5.71. The lowest BCUT2D eigenvalue weighted by Crippen LogP contribution is -2.37. The zero-order valence-corrected chi connectivity index (χ0v) is 15.0. The molecular formula is C21H32N2O. The number of nitrogens with zero attached hydrogens (tertiary/aromatic N) is 2. The van der Waals surface area contributed by atoms with Crippen LogP contribution in [0.15, 0.2) is 30.3 Å². The Hall–Kier alpha value is -1.19. The molecule has 0 aromatic heterocycles. The van der Waals surface area contributed by atoms with E-state index < -0.39 is 0 Å². The molecule has 3 rings (SSSR count). The summed E-state index contributed by atoms with van der Waals surface area (Å²) in [5.41, 5.74) is 1.38. The maximum Gasteiger partial charge on any atom is 0.147 e. The van der Waals surface area contributed by atoms with E-state index in [1.54, 1.807) is 0 Å². The van der Waals surface area contributed by atoms with Crippen molar-refractivity contribution in [2.24, 2.45) is 5.92 Å². The average Bonchev–Trinajstić information content (AvgIpc) is 2.84. The average molecular weight is 329 g/mol. The topological polar surface area (TPSA) is 23.6 Å². The highest BCUT2D eigenvalue weighted by Crippen LogP contribution is 2.22. The molecule has 1 aromatic carbocycles. The van der Waals surface area contributed by atoms with Gasteiger partial charge >= 0.3 is 0 Å². The standard InChI is InChI=1S/C21H32N2O/c24-21(18-22-12-6-1-2-7-13-22)15-20-11-8-14-23(17-20)16-19-9-4-3-5-10-19/h3-5,9-10,20H,1-2,6-8,11-18H2. The first-order valence-electron chi connectivity index (χ1n) is 9.80. The molecule has 132 valence electrons. The van der Waals surface area contributed by atoms with Crippen LogP contribution in [0, 0.1) is 5.92 Å². The number of carbonyl (C=O) groups is 1. The van der Waals surface area contributed by atoms with Crippen molar-refractivity contribution in [3.8, 4) is 0 Å². The molecule has 2 aliphatic rings. The van der Waals surface area contributed by atoms with Crippen molar-refractivity contribution < 1.29 is 4.79 Å². The number of hydrogen-bond donors (Lipinski definition) is 0. The van der Waals surface area contributed by atoms with Gasteiger partial charge in [-0.2, -0.15) is 0 Å². The Labute approximate surface area is 147 Å². The van der Waals surface area contributed by atoms with Gasteiger partial charge in [0, 0.05) is 19.5 Å². The Morgan fingerprint density at radius 3 is 2.38 bits per heavy atom. The molecular weight excluding hydrogens is 296 g/mol. The largest absolute Gasteiger partial charge is 0.299 e. The van der Waals surface area contributed by atoms with E-state index in [0.717, 1.165) is 32.6 Å². The van der Waals surface area contributed by atoms with Gasteiger partial charge in [-0.15, -0.1) is 0 Å². The maximum atomic E-state index is 12.5. The molecule has 1 unspecified atom stereocenters. The highest BCUT2D eigenvalue weighted by Gasteiger charge is 2.23. The molecule has 0 radical (unpaired) electrons. The lowest BCUT2D eigenvalue weighted by Gasteiger charge is -2.33.